The third-order valence-electron chi connectivity index (χ3n) is 1.58. The maximum atomic E-state index is 10.8. The number of amides is 1. The molecule has 0 saturated carbocycles. The maximum absolute atomic E-state index is 10.8. The molecule has 0 N–H and O–H groups in total. The Balaban J connectivity index is 2.39. The van der Waals surface area contributed by atoms with Gasteiger partial charge in [-0.25, -0.2) is 4.79 Å². The number of hydrogen-bond donors (Lipinski definition) is 0. The van der Waals surface area contributed by atoms with Crippen molar-refractivity contribution in [1.29, 1.82) is 0 Å². The van der Waals surface area contributed by atoms with Crippen LogP contribution in [-0.2, 0) is 4.65 Å². The van der Waals surface area contributed by atoms with E-state index in [2.05, 4.69) is 4.65 Å². The van der Waals surface area contributed by atoms with Crippen molar-refractivity contribution in [3.05, 3.63) is 0 Å². The third-order valence-corrected chi connectivity index (χ3v) is 4.08. The van der Waals surface area contributed by atoms with Crippen LogP contribution in [0.25, 0.3) is 0 Å². The average molecular weight is 199 g/mol. The predicted molar refractivity (Wildman–Crippen MR) is 53.1 cm³/mol. The molecule has 0 bridgehead atoms. The Morgan fingerprint density at radius 2 is 2.33 bits per heavy atom. The minimum Gasteiger partial charge on any atom is -0.529 e. The van der Waals surface area contributed by atoms with Crippen molar-refractivity contribution in [2.45, 2.75) is 12.5 Å². The van der Waals surface area contributed by atoms with Gasteiger partial charge in [0.15, 0.2) is 0 Å². The van der Waals surface area contributed by atoms with Crippen LogP contribution < -0.4 is 0 Å². The molecule has 1 unspecified atom stereocenters. The number of carbonyl (C=O) groups excluding carboxylic acids is 1. The van der Waals surface area contributed by atoms with Gasteiger partial charge in [-0.3, -0.25) is 0 Å². The molecule has 1 saturated heterocycles. The first-order chi connectivity index (χ1) is 5.75. The Bertz CT molecular complexity index is 166. The van der Waals surface area contributed by atoms with Gasteiger partial charge in [0.05, 0.1) is 0 Å². The molecule has 1 atom stereocenters. The highest BCUT2D eigenvalue weighted by molar-refractivity contribution is 8.76. The van der Waals surface area contributed by atoms with E-state index in [0.29, 0.717) is 0 Å². The van der Waals surface area contributed by atoms with E-state index in [-0.39, 0.29) is 6.04 Å². The van der Waals surface area contributed by atoms with Crippen LogP contribution in [0.3, 0.4) is 0 Å². The van der Waals surface area contributed by atoms with E-state index in [4.69, 9.17) is 16.0 Å². The topological polar surface area (TPSA) is 29.5 Å². The molecule has 4 radical (unpaired) electrons. The number of carbonyl (C=O) groups is 1. The van der Waals surface area contributed by atoms with Crippen molar-refractivity contribution in [1.82, 2.24) is 4.81 Å². The minimum absolute atomic E-state index is 0.0484. The molecule has 0 aromatic heterocycles. The van der Waals surface area contributed by atoms with Crippen LogP contribution in [-0.4, -0.2) is 44.5 Å². The maximum Gasteiger partial charge on any atom is 0.380 e. The second-order valence-corrected chi connectivity index (χ2v) is 4.97. The molecule has 1 rings (SSSR count). The van der Waals surface area contributed by atoms with Crippen LogP contribution in [0, 0.1) is 0 Å². The van der Waals surface area contributed by atoms with E-state index in [1.54, 1.807) is 21.6 Å². The molecule has 0 aromatic carbocycles. The van der Waals surface area contributed by atoms with E-state index >= 15 is 0 Å². The van der Waals surface area contributed by atoms with Crippen LogP contribution >= 0.6 is 21.6 Å². The Kier molecular flexibility index (Phi) is 4.21. The van der Waals surface area contributed by atoms with Gasteiger partial charge in [-0.2, -0.15) is 0 Å². The fraction of sp³-hybridized carbons (Fsp3) is 0.800. The first-order valence-electron chi connectivity index (χ1n) is 3.44. The summed E-state index contributed by atoms with van der Waals surface area (Å²) in [5.74, 6) is 1.83. The van der Waals surface area contributed by atoms with Crippen LogP contribution in [0.2, 0.25) is 0 Å². The number of rotatable bonds is 1. The molecule has 0 spiro atoms. The fourth-order valence-electron chi connectivity index (χ4n) is 0.882. The Hall–Kier alpha value is 0.0999. The first-order valence-corrected chi connectivity index (χ1v) is 5.93. The molecule has 1 aliphatic rings. The number of nitrogens with zero attached hydrogens (tertiary/aromatic N) is 1. The van der Waals surface area contributed by atoms with Gasteiger partial charge in [0.2, 0.25) is 7.98 Å². The summed E-state index contributed by atoms with van der Waals surface area (Å²) in [5.41, 5.74) is 0. The summed E-state index contributed by atoms with van der Waals surface area (Å²) >= 11 is 0. The van der Waals surface area contributed by atoms with Gasteiger partial charge in [-0.15, -0.1) is 0 Å². The molecule has 1 amide bonds. The van der Waals surface area contributed by atoms with Gasteiger partial charge in [-0.1, -0.05) is 21.6 Å². The van der Waals surface area contributed by atoms with E-state index < -0.39 is 6.09 Å². The van der Waals surface area contributed by atoms with Crippen molar-refractivity contribution in [2.75, 3.05) is 11.5 Å². The molecule has 62 valence electrons. The normalized spacial score (nSPS) is 23.2. The lowest BCUT2D eigenvalue weighted by Crippen LogP contribution is -2.41. The highest BCUT2D eigenvalue weighted by Crippen LogP contribution is 2.31. The van der Waals surface area contributed by atoms with Crippen LogP contribution in [0.4, 0.5) is 4.79 Å². The molecular formula is C5H7B2NO2S2. The average Bonchev–Trinajstić information content (AvgIpc) is 2.17. The van der Waals surface area contributed by atoms with E-state index in [1.165, 1.54) is 0 Å². The zero-order valence-electron chi connectivity index (χ0n) is 6.43. The Labute approximate surface area is 82.2 Å². The van der Waals surface area contributed by atoms with Gasteiger partial charge < -0.3 is 9.47 Å². The molecule has 1 heterocycles. The molecule has 0 aromatic rings. The molecule has 12 heavy (non-hydrogen) atoms. The Morgan fingerprint density at radius 3 is 2.83 bits per heavy atom. The number of hydrogen-bond acceptors (Lipinski definition) is 4. The van der Waals surface area contributed by atoms with Crippen molar-refractivity contribution in [3.8, 4) is 0 Å². The second kappa shape index (κ2) is 4.97. The molecule has 1 aliphatic heterocycles. The highest BCUT2D eigenvalue weighted by atomic mass is 33.1. The monoisotopic (exact) mass is 199 g/mol. The first kappa shape index (κ1) is 10.2. The lowest BCUT2D eigenvalue weighted by molar-refractivity contribution is 0.174. The zero-order valence-corrected chi connectivity index (χ0v) is 8.07. The standard InChI is InChI=1S/C5H7B2NO2S2/c6-8(5(9)10-7)4-1-2-11-12-3-4/h4H,1-3H2. The van der Waals surface area contributed by atoms with Gasteiger partial charge in [0, 0.05) is 17.5 Å². The van der Waals surface area contributed by atoms with E-state index in [9.17, 15) is 4.79 Å². The van der Waals surface area contributed by atoms with E-state index in [1.807, 2.05) is 0 Å². The molecular weight excluding hydrogens is 192 g/mol. The summed E-state index contributed by atoms with van der Waals surface area (Å²) in [4.78, 5) is 11.9. The van der Waals surface area contributed by atoms with Crippen molar-refractivity contribution >= 4 is 43.7 Å². The second-order valence-electron chi connectivity index (χ2n) is 2.34. The summed E-state index contributed by atoms with van der Waals surface area (Å²) in [7, 11) is 13.6. The quantitative estimate of drug-likeness (QED) is 0.460. The Morgan fingerprint density at radius 1 is 1.58 bits per heavy atom. The SMILES string of the molecule is [B]OC(=O)N([B])C1CCSSC1. The van der Waals surface area contributed by atoms with Gasteiger partial charge in [-0.05, 0) is 6.42 Å². The van der Waals surface area contributed by atoms with Crippen LogP contribution in [0.1, 0.15) is 6.42 Å². The molecule has 1 fully saturated rings. The predicted octanol–water partition coefficient (Wildman–Crippen LogP) is 0.746. The lowest BCUT2D eigenvalue weighted by Gasteiger charge is -2.30. The van der Waals surface area contributed by atoms with Gasteiger partial charge in [0.25, 0.3) is 0 Å². The minimum atomic E-state index is -0.674. The van der Waals surface area contributed by atoms with Gasteiger partial charge >= 0.3 is 14.1 Å². The third kappa shape index (κ3) is 2.55. The molecule has 0 aliphatic carbocycles. The largest absolute Gasteiger partial charge is 0.529 e. The van der Waals surface area contributed by atoms with Crippen molar-refractivity contribution < 1.29 is 9.45 Å². The van der Waals surface area contributed by atoms with Gasteiger partial charge in [0.1, 0.15) is 0 Å². The van der Waals surface area contributed by atoms with Crippen LogP contribution in [0.5, 0.6) is 0 Å². The fourth-order valence-corrected chi connectivity index (χ4v) is 3.35. The highest BCUT2D eigenvalue weighted by Gasteiger charge is 2.21. The zero-order chi connectivity index (χ0) is 8.97. The summed E-state index contributed by atoms with van der Waals surface area (Å²) in [5, 5.41) is 0. The van der Waals surface area contributed by atoms with Crippen molar-refractivity contribution in [2.24, 2.45) is 0 Å². The molecule has 7 heteroatoms. The van der Waals surface area contributed by atoms with Crippen molar-refractivity contribution in [3.63, 3.8) is 0 Å². The summed E-state index contributed by atoms with van der Waals surface area (Å²) in [6, 6.07) is 0.0484. The molecule has 3 nitrogen and oxygen atoms in total. The summed E-state index contributed by atoms with van der Waals surface area (Å²) in [6.07, 6.45) is 0.219. The smallest absolute Gasteiger partial charge is 0.380 e. The van der Waals surface area contributed by atoms with Crippen LogP contribution in [0.15, 0.2) is 0 Å². The van der Waals surface area contributed by atoms with E-state index in [0.717, 1.165) is 22.7 Å². The lowest BCUT2D eigenvalue weighted by atomic mass is 10.1. The summed E-state index contributed by atoms with van der Waals surface area (Å²) in [6.45, 7) is 0. The summed E-state index contributed by atoms with van der Waals surface area (Å²) < 4.78 is 4.01.